The zero-order valence-electron chi connectivity index (χ0n) is 5.76. The van der Waals surface area contributed by atoms with Crippen LogP contribution in [0.2, 0.25) is 0 Å². The van der Waals surface area contributed by atoms with E-state index in [0.29, 0.717) is 6.42 Å². The molecule has 0 aromatic rings. The second-order valence-electron chi connectivity index (χ2n) is 1.86. The first-order valence-corrected chi connectivity index (χ1v) is 2.98. The Morgan fingerprint density at radius 1 is 1.78 bits per heavy atom. The number of aliphatic hydroxyl groups excluding tert-OH is 1. The van der Waals surface area contributed by atoms with E-state index in [9.17, 15) is 4.79 Å². The van der Waals surface area contributed by atoms with Gasteiger partial charge >= 0.3 is 5.97 Å². The molecule has 0 saturated carbocycles. The number of aliphatic hydroxyl groups is 1. The van der Waals surface area contributed by atoms with Crippen molar-refractivity contribution >= 4 is 5.97 Å². The van der Waals surface area contributed by atoms with E-state index in [2.05, 4.69) is 4.74 Å². The Bertz CT molecular complexity index is 90.3. The summed E-state index contributed by atoms with van der Waals surface area (Å²) in [6.07, 6.45) is 0.113. The van der Waals surface area contributed by atoms with Crippen LogP contribution in [0.15, 0.2) is 0 Å². The van der Waals surface area contributed by atoms with Crippen LogP contribution in [-0.4, -0.2) is 23.8 Å². The average Bonchev–Trinajstić information content (AvgIpc) is 1.83. The summed E-state index contributed by atoms with van der Waals surface area (Å²) in [7, 11) is 0. The molecule has 1 N–H and O–H groups in total. The van der Waals surface area contributed by atoms with Crippen LogP contribution >= 0.6 is 0 Å². The Morgan fingerprint density at radius 3 is 2.67 bits per heavy atom. The number of ether oxygens (including phenoxy) is 1. The van der Waals surface area contributed by atoms with Gasteiger partial charge in [0.15, 0.2) is 0 Å². The number of rotatable bonds is 3. The third-order valence-electron chi connectivity index (χ3n) is 0.950. The van der Waals surface area contributed by atoms with Gasteiger partial charge in [0, 0.05) is 6.92 Å². The Hall–Kier alpha value is -0.570. The Balaban J connectivity index is 3.16. The van der Waals surface area contributed by atoms with Gasteiger partial charge in [0.1, 0.15) is 6.61 Å². The van der Waals surface area contributed by atoms with Crippen molar-refractivity contribution in [2.75, 3.05) is 6.61 Å². The molecule has 0 unspecified atom stereocenters. The molecule has 54 valence electrons. The second kappa shape index (κ2) is 4.32. The maximum atomic E-state index is 10.1. The maximum absolute atomic E-state index is 10.1. The third kappa shape index (κ3) is 5.30. The summed E-state index contributed by atoms with van der Waals surface area (Å²) >= 11 is 0. The van der Waals surface area contributed by atoms with Gasteiger partial charge in [-0.3, -0.25) is 4.79 Å². The molecule has 9 heavy (non-hydrogen) atoms. The van der Waals surface area contributed by atoms with Gasteiger partial charge in [-0.15, -0.1) is 0 Å². The molecule has 0 aliphatic carbocycles. The topological polar surface area (TPSA) is 46.5 Å². The molecule has 0 aromatic carbocycles. The van der Waals surface area contributed by atoms with Crippen LogP contribution in [0.3, 0.4) is 0 Å². The molecule has 0 fully saturated rings. The highest BCUT2D eigenvalue weighted by atomic mass is 16.5. The van der Waals surface area contributed by atoms with Gasteiger partial charge in [0.25, 0.3) is 0 Å². The minimum Gasteiger partial charge on any atom is -0.463 e. The molecule has 0 aliphatic rings. The van der Waals surface area contributed by atoms with Crippen molar-refractivity contribution < 1.29 is 14.6 Å². The highest BCUT2D eigenvalue weighted by Gasteiger charge is 2.00. The van der Waals surface area contributed by atoms with Crippen molar-refractivity contribution in [1.82, 2.24) is 0 Å². The minimum absolute atomic E-state index is 0.117. The van der Waals surface area contributed by atoms with Crippen LogP contribution in [0, 0.1) is 0 Å². The first-order valence-electron chi connectivity index (χ1n) is 2.98. The lowest BCUT2D eigenvalue weighted by molar-refractivity contribution is -0.143. The Labute approximate surface area is 54.6 Å². The van der Waals surface area contributed by atoms with Gasteiger partial charge in [-0.1, -0.05) is 6.92 Å². The molecule has 0 bridgehead atoms. The van der Waals surface area contributed by atoms with Crippen LogP contribution in [0.5, 0.6) is 0 Å². The summed E-state index contributed by atoms with van der Waals surface area (Å²) in [5, 5.41) is 8.83. The van der Waals surface area contributed by atoms with Crippen molar-refractivity contribution in [2.45, 2.75) is 26.4 Å². The SMILES string of the molecule is CC[C@@H](O)COC(C)=O. The fourth-order valence-corrected chi connectivity index (χ4v) is 0.331. The summed E-state index contributed by atoms with van der Waals surface area (Å²) in [5.41, 5.74) is 0. The van der Waals surface area contributed by atoms with E-state index < -0.39 is 6.10 Å². The maximum Gasteiger partial charge on any atom is 0.302 e. The van der Waals surface area contributed by atoms with Gasteiger partial charge < -0.3 is 9.84 Å². The number of hydrogen-bond acceptors (Lipinski definition) is 3. The standard InChI is InChI=1S/C6H12O3/c1-3-6(8)4-9-5(2)7/h6,8H,3-4H2,1-2H3/t6-/m1/s1. The Kier molecular flexibility index (Phi) is 4.05. The van der Waals surface area contributed by atoms with E-state index in [0.717, 1.165) is 0 Å². The molecule has 3 nitrogen and oxygen atoms in total. The third-order valence-corrected chi connectivity index (χ3v) is 0.950. The number of hydrogen-bond donors (Lipinski definition) is 1. The largest absolute Gasteiger partial charge is 0.463 e. The highest BCUT2D eigenvalue weighted by Crippen LogP contribution is 1.90. The first-order chi connectivity index (χ1) is 4.16. The van der Waals surface area contributed by atoms with E-state index in [-0.39, 0.29) is 12.6 Å². The van der Waals surface area contributed by atoms with Crippen LogP contribution in [0.1, 0.15) is 20.3 Å². The molecule has 0 spiro atoms. The van der Waals surface area contributed by atoms with Gasteiger partial charge in [-0.05, 0) is 6.42 Å². The molecule has 0 aromatic heterocycles. The predicted molar refractivity (Wildman–Crippen MR) is 32.9 cm³/mol. The van der Waals surface area contributed by atoms with Gasteiger partial charge in [0.2, 0.25) is 0 Å². The molecule has 0 aliphatic heterocycles. The minimum atomic E-state index is -0.506. The number of carbonyl (C=O) groups excluding carboxylic acids is 1. The summed E-state index contributed by atoms with van der Waals surface area (Å²) in [6, 6.07) is 0. The molecule has 0 saturated heterocycles. The molecule has 0 radical (unpaired) electrons. The van der Waals surface area contributed by atoms with Crippen LogP contribution in [-0.2, 0) is 9.53 Å². The fraction of sp³-hybridized carbons (Fsp3) is 0.833. The van der Waals surface area contributed by atoms with E-state index in [1.165, 1.54) is 6.92 Å². The van der Waals surface area contributed by atoms with Crippen molar-refractivity contribution in [3.8, 4) is 0 Å². The van der Waals surface area contributed by atoms with E-state index in [1.807, 2.05) is 6.92 Å². The lowest BCUT2D eigenvalue weighted by atomic mass is 10.3. The summed E-state index contributed by atoms with van der Waals surface area (Å²) in [4.78, 5) is 10.1. The zero-order chi connectivity index (χ0) is 7.28. The van der Waals surface area contributed by atoms with Crippen molar-refractivity contribution in [2.24, 2.45) is 0 Å². The molecule has 0 rings (SSSR count). The molecular weight excluding hydrogens is 120 g/mol. The Morgan fingerprint density at radius 2 is 2.33 bits per heavy atom. The first kappa shape index (κ1) is 8.43. The average molecular weight is 132 g/mol. The zero-order valence-corrected chi connectivity index (χ0v) is 5.76. The lowest BCUT2D eigenvalue weighted by Gasteiger charge is -2.05. The molecule has 1 atom stereocenters. The lowest BCUT2D eigenvalue weighted by Crippen LogP contribution is -2.15. The smallest absolute Gasteiger partial charge is 0.302 e. The van der Waals surface area contributed by atoms with Crippen LogP contribution < -0.4 is 0 Å². The number of esters is 1. The molecule has 0 amide bonds. The summed E-state index contributed by atoms with van der Waals surface area (Å²) < 4.78 is 4.51. The fourth-order valence-electron chi connectivity index (χ4n) is 0.331. The van der Waals surface area contributed by atoms with E-state index >= 15 is 0 Å². The quantitative estimate of drug-likeness (QED) is 0.562. The summed E-state index contributed by atoms with van der Waals surface area (Å²) in [6.45, 7) is 3.27. The molecular formula is C6H12O3. The van der Waals surface area contributed by atoms with E-state index in [4.69, 9.17) is 5.11 Å². The van der Waals surface area contributed by atoms with Gasteiger partial charge in [-0.2, -0.15) is 0 Å². The van der Waals surface area contributed by atoms with Crippen molar-refractivity contribution in [1.29, 1.82) is 0 Å². The highest BCUT2D eigenvalue weighted by molar-refractivity contribution is 5.65. The van der Waals surface area contributed by atoms with E-state index in [1.54, 1.807) is 0 Å². The normalized spacial score (nSPS) is 12.8. The van der Waals surface area contributed by atoms with Crippen molar-refractivity contribution in [3.05, 3.63) is 0 Å². The molecule has 3 heteroatoms. The van der Waals surface area contributed by atoms with Crippen LogP contribution in [0.25, 0.3) is 0 Å². The van der Waals surface area contributed by atoms with Crippen LogP contribution in [0.4, 0.5) is 0 Å². The molecule has 0 heterocycles. The monoisotopic (exact) mass is 132 g/mol. The summed E-state index contributed by atoms with van der Waals surface area (Å²) in [5.74, 6) is -0.345. The predicted octanol–water partition coefficient (Wildman–Crippen LogP) is 0.320. The van der Waals surface area contributed by atoms with Gasteiger partial charge in [-0.25, -0.2) is 0 Å². The van der Waals surface area contributed by atoms with Crippen molar-refractivity contribution in [3.63, 3.8) is 0 Å². The number of carbonyl (C=O) groups is 1. The second-order valence-corrected chi connectivity index (χ2v) is 1.86. The van der Waals surface area contributed by atoms with Gasteiger partial charge in [0.05, 0.1) is 6.10 Å².